The highest BCUT2D eigenvalue weighted by Crippen LogP contribution is 2.22. The molecule has 7 heteroatoms. The minimum Gasteiger partial charge on any atom is -0.496 e. The quantitative estimate of drug-likeness (QED) is 0.443. The number of ether oxygens (including phenoxy) is 1. The molecule has 2 aliphatic rings. The van der Waals surface area contributed by atoms with Crippen LogP contribution in [0.25, 0.3) is 0 Å². The number of hydroxylamine groups is 2. The van der Waals surface area contributed by atoms with E-state index in [1.54, 1.807) is 6.08 Å². The maximum Gasteiger partial charge on any atom is 0.269 e. The summed E-state index contributed by atoms with van der Waals surface area (Å²) in [6.45, 7) is 9.44. The zero-order valence-corrected chi connectivity index (χ0v) is 18.0. The van der Waals surface area contributed by atoms with Crippen LogP contribution in [0.1, 0.15) is 31.2 Å². The maximum atomic E-state index is 13.3. The Kier molecular flexibility index (Phi) is 8.67. The summed E-state index contributed by atoms with van der Waals surface area (Å²) in [5.74, 6) is -1.15. The molecule has 2 saturated heterocycles. The van der Waals surface area contributed by atoms with Gasteiger partial charge in [0.1, 0.15) is 12.1 Å². The highest BCUT2D eigenvalue weighted by atomic mass is 16.7. The normalized spacial score (nSPS) is 21.5. The van der Waals surface area contributed by atoms with Gasteiger partial charge < -0.3 is 15.4 Å². The molecule has 31 heavy (non-hydrogen) atoms. The van der Waals surface area contributed by atoms with Gasteiger partial charge in [-0.2, -0.15) is 0 Å². The Hall–Kier alpha value is -2.64. The third-order valence-corrected chi connectivity index (χ3v) is 5.80. The van der Waals surface area contributed by atoms with Gasteiger partial charge in [-0.25, -0.2) is 5.06 Å². The second-order valence-electron chi connectivity index (χ2n) is 7.96. The Labute approximate surface area is 184 Å². The van der Waals surface area contributed by atoms with Crippen LogP contribution in [0, 0.1) is 5.92 Å². The molecule has 1 aromatic rings. The van der Waals surface area contributed by atoms with Crippen LogP contribution in [0.5, 0.6) is 0 Å². The fraction of sp³-hybridized carbons (Fsp3) is 0.500. The van der Waals surface area contributed by atoms with Gasteiger partial charge in [0.15, 0.2) is 0 Å². The van der Waals surface area contributed by atoms with E-state index < -0.39 is 18.1 Å². The molecule has 0 aliphatic carbocycles. The number of hydrogen-bond acceptors (Lipinski definition) is 5. The molecule has 0 unspecified atom stereocenters. The predicted molar refractivity (Wildman–Crippen MR) is 119 cm³/mol. The van der Waals surface area contributed by atoms with E-state index in [4.69, 9.17) is 9.57 Å². The summed E-state index contributed by atoms with van der Waals surface area (Å²) >= 11 is 0. The lowest BCUT2D eigenvalue weighted by Crippen LogP contribution is -2.54. The van der Waals surface area contributed by atoms with Crippen LogP contribution in [0.4, 0.5) is 0 Å². The van der Waals surface area contributed by atoms with Gasteiger partial charge in [-0.1, -0.05) is 43.0 Å². The first-order chi connectivity index (χ1) is 15.1. The van der Waals surface area contributed by atoms with Crippen LogP contribution < -0.4 is 10.6 Å². The summed E-state index contributed by atoms with van der Waals surface area (Å²) in [6.07, 6.45) is 6.63. The van der Waals surface area contributed by atoms with Gasteiger partial charge in [0, 0.05) is 19.0 Å². The minimum atomic E-state index is -0.739. The monoisotopic (exact) mass is 427 g/mol. The van der Waals surface area contributed by atoms with Crippen molar-refractivity contribution in [1.82, 2.24) is 15.7 Å². The zero-order valence-electron chi connectivity index (χ0n) is 18.0. The van der Waals surface area contributed by atoms with Gasteiger partial charge in [0.2, 0.25) is 5.91 Å². The van der Waals surface area contributed by atoms with Crippen LogP contribution in [0.3, 0.4) is 0 Å². The van der Waals surface area contributed by atoms with E-state index in [0.717, 1.165) is 37.8 Å². The molecule has 0 radical (unpaired) electrons. The first-order valence-corrected chi connectivity index (χ1v) is 11.0. The van der Waals surface area contributed by atoms with E-state index >= 15 is 0 Å². The molecule has 0 aromatic heterocycles. The average Bonchev–Trinajstić information content (AvgIpc) is 3.34. The van der Waals surface area contributed by atoms with E-state index in [1.165, 1.54) is 11.3 Å². The highest BCUT2D eigenvalue weighted by molar-refractivity contribution is 5.89. The van der Waals surface area contributed by atoms with Crippen molar-refractivity contribution in [2.24, 2.45) is 5.92 Å². The number of hydrogen-bond donors (Lipinski definition) is 2. The Morgan fingerprint density at radius 2 is 2.06 bits per heavy atom. The SMILES string of the molecule is C=CO[C@@H]([C@@H]1CCCN1)[C@@H](C=C)C(=O)N[C@@H](Cc1ccccc1)C(=O)N1CCCCO1. The molecule has 1 aromatic carbocycles. The van der Waals surface area contributed by atoms with Gasteiger partial charge >= 0.3 is 0 Å². The standard InChI is InChI=1S/C24H33N3O4/c1-3-19(22(30-4-2)20-13-10-14-25-20)23(28)26-21(17-18-11-6-5-7-12-18)24(29)27-15-8-9-16-31-27/h3-7,11-12,19-22,25H,1-2,8-10,13-17H2,(H,26,28)/t19-,20+,21+,22-/m1/s1. The Bertz CT molecular complexity index is 742. The Balaban J connectivity index is 1.76. The largest absolute Gasteiger partial charge is 0.496 e. The van der Waals surface area contributed by atoms with Crippen molar-refractivity contribution in [1.29, 1.82) is 0 Å². The van der Waals surface area contributed by atoms with Crippen molar-refractivity contribution in [3.8, 4) is 0 Å². The Morgan fingerprint density at radius 1 is 1.26 bits per heavy atom. The van der Waals surface area contributed by atoms with Crippen molar-refractivity contribution in [3.63, 3.8) is 0 Å². The Morgan fingerprint density at radius 3 is 2.68 bits per heavy atom. The number of nitrogens with one attached hydrogen (secondary N) is 2. The van der Waals surface area contributed by atoms with Crippen LogP contribution in [-0.2, 0) is 25.6 Å². The number of carbonyl (C=O) groups excluding carboxylic acids is 2. The lowest BCUT2D eigenvalue weighted by Gasteiger charge is -2.32. The van der Waals surface area contributed by atoms with Gasteiger partial charge in [-0.05, 0) is 37.8 Å². The summed E-state index contributed by atoms with van der Waals surface area (Å²) in [5, 5.41) is 7.72. The zero-order chi connectivity index (χ0) is 22.1. The predicted octanol–water partition coefficient (Wildman–Crippen LogP) is 2.35. The van der Waals surface area contributed by atoms with Gasteiger partial charge in [0.05, 0.1) is 18.8 Å². The molecule has 0 spiro atoms. The number of amides is 2. The summed E-state index contributed by atoms with van der Waals surface area (Å²) in [4.78, 5) is 32.1. The molecule has 168 valence electrons. The summed E-state index contributed by atoms with van der Waals surface area (Å²) in [7, 11) is 0. The van der Waals surface area contributed by atoms with E-state index in [1.807, 2.05) is 30.3 Å². The fourth-order valence-corrected chi connectivity index (χ4v) is 4.19. The van der Waals surface area contributed by atoms with Gasteiger partial charge in [-0.3, -0.25) is 14.4 Å². The molecule has 2 aliphatic heterocycles. The van der Waals surface area contributed by atoms with E-state index in [2.05, 4.69) is 23.8 Å². The molecular weight excluding hydrogens is 394 g/mol. The first kappa shape index (κ1) is 23.0. The van der Waals surface area contributed by atoms with Crippen LogP contribution in [0.15, 0.2) is 55.8 Å². The first-order valence-electron chi connectivity index (χ1n) is 11.0. The summed E-state index contributed by atoms with van der Waals surface area (Å²) in [6, 6.07) is 8.94. The number of carbonyl (C=O) groups is 2. The van der Waals surface area contributed by atoms with Gasteiger partial charge in [0.25, 0.3) is 5.91 Å². The summed E-state index contributed by atoms with van der Waals surface area (Å²) < 4.78 is 5.73. The molecule has 3 rings (SSSR count). The second kappa shape index (κ2) is 11.7. The average molecular weight is 428 g/mol. The molecule has 2 N–H and O–H groups in total. The van der Waals surface area contributed by atoms with Crippen LogP contribution in [-0.4, -0.2) is 54.8 Å². The molecule has 0 bridgehead atoms. The number of rotatable bonds is 10. The van der Waals surface area contributed by atoms with Crippen LogP contribution in [0.2, 0.25) is 0 Å². The lowest BCUT2D eigenvalue weighted by molar-refractivity contribution is -0.199. The summed E-state index contributed by atoms with van der Waals surface area (Å²) in [5.41, 5.74) is 0.963. The van der Waals surface area contributed by atoms with E-state index in [0.29, 0.717) is 19.6 Å². The van der Waals surface area contributed by atoms with Crippen molar-refractivity contribution < 1.29 is 19.2 Å². The highest BCUT2D eigenvalue weighted by Gasteiger charge is 2.37. The molecule has 7 nitrogen and oxygen atoms in total. The molecule has 2 amide bonds. The topological polar surface area (TPSA) is 79.9 Å². The maximum absolute atomic E-state index is 13.3. The molecule has 2 fully saturated rings. The van der Waals surface area contributed by atoms with Crippen molar-refractivity contribution in [3.05, 3.63) is 61.4 Å². The number of benzene rings is 1. The fourth-order valence-electron chi connectivity index (χ4n) is 4.19. The lowest BCUT2D eigenvalue weighted by atomic mass is 9.93. The van der Waals surface area contributed by atoms with Crippen molar-refractivity contribution in [2.75, 3.05) is 19.7 Å². The second-order valence-corrected chi connectivity index (χ2v) is 7.96. The molecule has 4 atom stereocenters. The number of nitrogens with zero attached hydrogens (tertiary/aromatic N) is 1. The molecule has 0 saturated carbocycles. The van der Waals surface area contributed by atoms with Gasteiger partial charge in [-0.15, -0.1) is 6.58 Å². The third-order valence-electron chi connectivity index (χ3n) is 5.80. The third kappa shape index (κ3) is 6.18. The van der Waals surface area contributed by atoms with E-state index in [9.17, 15) is 9.59 Å². The van der Waals surface area contributed by atoms with Crippen molar-refractivity contribution >= 4 is 11.8 Å². The molecule has 2 heterocycles. The molecular formula is C24H33N3O4. The van der Waals surface area contributed by atoms with Crippen LogP contribution >= 0.6 is 0 Å². The smallest absolute Gasteiger partial charge is 0.269 e. The minimum absolute atomic E-state index is 0.0282. The van der Waals surface area contributed by atoms with Crippen molar-refractivity contribution in [2.45, 2.75) is 50.3 Å². The van der Waals surface area contributed by atoms with E-state index in [-0.39, 0.29) is 17.9 Å².